The molecule has 1 aromatic rings. The van der Waals surface area contributed by atoms with Gasteiger partial charge in [0.25, 0.3) is 11.5 Å². The van der Waals surface area contributed by atoms with E-state index in [0.717, 1.165) is 6.20 Å². The lowest BCUT2D eigenvalue weighted by molar-refractivity contribution is 0.0518. The summed E-state index contributed by atoms with van der Waals surface area (Å²) in [5.74, 6) is -0.642. The van der Waals surface area contributed by atoms with E-state index in [1.807, 2.05) is 4.98 Å². The average Bonchev–Trinajstić information content (AvgIpc) is 2.26. The first-order valence-electron chi connectivity index (χ1n) is 5.18. The van der Waals surface area contributed by atoms with E-state index in [1.165, 1.54) is 0 Å². The lowest BCUT2D eigenvalue weighted by Crippen LogP contribution is -2.42. The van der Waals surface area contributed by atoms with Gasteiger partial charge in [-0.2, -0.15) is 0 Å². The minimum atomic E-state index is -1.02. The fourth-order valence-corrected chi connectivity index (χ4v) is 1.07. The van der Waals surface area contributed by atoms with Gasteiger partial charge in [-0.15, -0.1) is 0 Å². The number of aromatic amines is 2. The molecule has 7 heteroatoms. The molecule has 0 aliphatic carbocycles. The van der Waals surface area contributed by atoms with Crippen LogP contribution in [0.25, 0.3) is 0 Å². The molecule has 94 valence electrons. The zero-order valence-electron chi connectivity index (χ0n) is 9.66. The van der Waals surface area contributed by atoms with E-state index in [9.17, 15) is 19.5 Å². The van der Waals surface area contributed by atoms with Crippen molar-refractivity contribution < 1.29 is 9.90 Å². The maximum absolute atomic E-state index is 11.6. The SMILES string of the molecule is CCC(C)(O)CNC(=O)c1c[nH]c(=O)[nH]c1=O. The second-order valence-electron chi connectivity index (χ2n) is 4.02. The van der Waals surface area contributed by atoms with Gasteiger partial charge in [0.2, 0.25) is 0 Å². The maximum Gasteiger partial charge on any atom is 0.325 e. The molecule has 0 aromatic carbocycles. The molecule has 7 nitrogen and oxygen atoms in total. The van der Waals surface area contributed by atoms with Crippen LogP contribution < -0.4 is 16.6 Å². The quantitative estimate of drug-likeness (QED) is 0.538. The molecule has 1 aromatic heterocycles. The predicted octanol–water partition coefficient (Wildman–Crippen LogP) is -1.05. The first-order chi connectivity index (χ1) is 7.85. The number of rotatable bonds is 4. The Bertz CT molecular complexity index is 515. The molecule has 1 atom stereocenters. The molecule has 0 aliphatic rings. The van der Waals surface area contributed by atoms with Gasteiger partial charge in [0.1, 0.15) is 5.56 Å². The van der Waals surface area contributed by atoms with Crippen LogP contribution in [-0.4, -0.2) is 33.1 Å². The molecular formula is C10H15N3O4. The van der Waals surface area contributed by atoms with E-state index in [0.29, 0.717) is 6.42 Å². The average molecular weight is 241 g/mol. The smallest absolute Gasteiger partial charge is 0.325 e. The van der Waals surface area contributed by atoms with E-state index >= 15 is 0 Å². The van der Waals surface area contributed by atoms with Crippen molar-refractivity contribution in [1.29, 1.82) is 0 Å². The molecule has 17 heavy (non-hydrogen) atoms. The Morgan fingerprint density at radius 3 is 2.71 bits per heavy atom. The van der Waals surface area contributed by atoms with Gasteiger partial charge in [-0.3, -0.25) is 14.6 Å². The van der Waals surface area contributed by atoms with E-state index in [2.05, 4.69) is 10.3 Å². The standard InChI is InChI=1S/C10H15N3O4/c1-3-10(2,17)5-12-7(14)6-4-11-9(16)13-8(6)15/h4,17H,3,5H2,1-2H3,(H,12,14)(H2,11,13,15,16). The van der Waals surface area contributed by atoms with Crippen molar-refractivity contribution in [3.8, 4) is 0 Å². The monoisotopic (exact) mass is 241 g/mol. The minimum Gasteiger partial charge on any atom is -0.388 e. The molecule has 0 spiro atoms. The number of carbonyl (C=O) groups is 1. The summed E-state index contributed by atoms with van der Waals surface area (Å²) in [7, 11) is 0. The van der Waals surface area contributed by atoms with Gasteiger partial charge in [-0.05, 0) is 13.3 Å². The van der Waals surface area contributed by atoms with E-state index in [1.54, 1.807) is 13.8 Å². The summed E-state index contributed by atoms with van der Waals surface area (Å²) in [6, 6.07) is 0. The van der Waals surface area contributed by atoms with Gasteiger partial charge in [0.15, 0.2) is 0 Å². The Hall–Kier alpha value is -1.89. The number of H-pyrrole nitrogens is 2. The number of carbonyl (C=O) groups excluding carboxylic acids is 1. The fourth-order valence-electron chi connectivity index (χ4n) is 1.07. The third kappa shape index (κ3) is 3.56. The zero-order chi connectivity index (χ0) is 13.1. The van der Waals surface area contributed by atoms with Crippen LogP contribution in [0.15, 0.2) is 15.8 Å². The number of hydrogen-bond acceptors (Lipinski definition) is 4. The molecule has 0 radical (unpaired) electrons. The Labute approximate surface area is 96.9 Å². The molecular weight excluding hydrogens is 226 g/mol. The van der Waals surface area contributed by atoms with Crippen molar-refractivity contribution in [2.45, 2.75) is 25.9 Å². The summed E-state index contributed by atoms with van der Waals surface area (Å²) in [5, 5.41) is 12.1. The first-order valence-corrected chi connectivity index (χ1v) is 5.18. The van der Waals surface area contributed by atoms with Gasteiger partial charge >= 0.3 is 5.69 Å². The van der Waals surface area contributed by atoms with Crippen molar-refractivity contribution in [1.82, 2.24) is 15.3 Å². The summed E-state index contributed by atoms with van der Waals surface area (Å²) in [6.45, 7) is 3.38. The Morgan fingerprint density at radius 1 is 1.53 bits per heavy atom. The predicted molar refractivity (Wildman–Crippen MR) is 60.9 cm³/mol. The number of aliphatic hydroxyl groups is 1. The van der Waals surface area contributed by atoms with Gasteiger partial charge < -0.3 is 15.4 Å². The molecule has 0 fully saturated rings. The Kier molecular flexibility index (Phi) is 3.84. The molecule has 0 bridgehead atoms. The Morgan fingerprint density at radius 2 is 2.18 bits per heavy atom. The van der Waals surface area contributed by atoms with Crippen LogP contribution in [0.3, 0.4) is 0 Å². The van der Waals surface area contributed by atoms with Crippen LogP contribution in [0, 0.1) is 0 Å². The molecule has 1 unspecified atom stereocenters. The molecule has 1 amide bonds. The normalized spacial score (nSPS) is 14.1. The number of hydrogen-bond donors (Lipinski definition) is 4. The lowest BCUT2D eigenvalue weighted by Gasteiger charge is -2.21. The van der Waals surface area contributed by atoms with E-state index < -0.39 is 22.8 Å². The van der Waals surface area contributed by atoms with Gasteiger partial charge in [-0.1, -0.05) is 6.92 Å². The minimum absolute atomic E-state index is 0.0287. The summed E-state index contributed by atoms with van der Waals surface area (Å²) >= 11 is 0. The van der Waals surface area contributed by atoms with Gasteiger partial charge in [-0.25, -0.2) is 4.79 Å². The largest absolute Gasteiger partial charge is 0.388 e. The van der Waals surface area contributed by atoms with Crippen LogP contribution in [0.1, 0.15) is 30.6 Å². The number of nitrogens with one attached hydrogen (secondary N) is 3. The second kappa shape index (κ2) is 4.96. The highest BCUT2D eigenvalue weighted by Crippen LogP contribution is 2.05. The highest BCUT2D eigenvalue weighted by Gasteiger charge is 2.19. The highest BCUT2D eigenvalue weighted by molar-refractivity contribution is 5.93. The molecule has 1 rings (SSSR count). The van der Waals surface area contributed by atoms with Crippen LogP contribution in [0.2, 0.25) is 0 Å². The van der Waals surface area contributed by atoms with Crippen LogP contribution in [0.4, 0.5) is 0 Å². The van der Waals surface area contributed by atoms with E-state index in [4.69, 9.17) is 0 Å². The maximum atomic E-state index is 11.6. The topological polar surface area (TPSA) is 115 Å². The summed E-state index contributed by atoms with van der Waals surface area (Å²) in [4.78, 5) is 37.7. The van der Waals surface area contributed by atoms with Gasteiger partial charge in [0.05, 0.1) is 5.60 Å². The second-order valence-corrected chi connectivity index (χ2v) is 4.02. The first kappa shape index (κ1) is 13.2. The third-order valence-corrected chi connectivity index (χ3v) is 2.46. The van der Waals surface area contributed by atoms with Crippen molar-refractivity contribution in [2.75, 3.05) is 6.54 Å². The lowest BCUT2D eigenvalue weighted by atomic mass is 10.0. The van der Waals surface area contributed by atoms with Crippen LogP contribution in [0.5, 0.6) is 0 Å². The number of amides is 1. The Balaban J connectivity index is 2.78. The molecule has 4 N–H and O–H groups in total. The number of aromatic nitrogens is 2. The molecule has 0 saturated heterocycles. The summed E-state index contributed by atoms with van der Waals surface area (Å²) < 4.78 is 0. The molecule has 1 heterocycles. The highest BCUT2D eigenvalue weighted by atomic mass is 16.3. The summed E-state index contributed by atoms with van der Waals surface area (Å²) in [6.07, 6.45) is 1.51. The van der Waals surface area contributed by atoms with Crippen molar-refractivity contribution >= 4 is 5.91 Å². The third-order valence-electron chi connectivity index (χ3n) is 2.46. The van der Waals surface area contributed by atoms with Crippen molar-refractivity contribution in [3.63, 3.8) is 0 Å². The van der Waals surface area contributed by atoms with Crippen LogP contribution in [-0.2, 0) is 0 Å². The summed E-state index contributed by atoms with van der Waals surface area (Å²) in [5.41, 5.74) is -2.66. The molecule has 0 saturated carbocycles. The fraction of sp³-hybridized carbons (Fsp3) is 0.500. The van der Waals surface area contributed by atoms with Crippen LogP contribution >= 0.6 is 0 Å². The van der Waals surface area contributed by atoms with Gasteiger partial charge in [0, 0.05) is 12.7 Å². The van der Waals surface area contributed by atoms with Crippen molar-refractivity contribution in [2.24, 2.45) is 0 Å². The van der Waals surface area contributed by atoms with E-state index in [-0.39, 0.29) is 12.1 Å². The molecule has 0 aliphatic heterocycles. The van der Waals surface area contributed by atoms with Crippen molar-refractivity contribution in [3.05, 3.63) is 32.6 Å². The zero-order valence-corrected chi connectivity index (χ0v) is 9.66.